The molecule has 3 rings (SSSR count). The first-order valence-corrected chi connectivity index (χ1v) is 9.69. The third kappa shape index (κ3) is 4.69. The number of hydrogen-bond acceptors (Lipinski definition) is 6. The van der Waals surface area contributed by atoms with E-state index in [0.29, 0.717) is 6.61 Å². The zero-order chi connectivity index (χ0) is 22.5. The van der Waals surface area contributed by atoms with E-state index in [0.717, 1.165) is 22.1 Å². The van der Waals surface area contributed by atoms with E-state index in [4.69, 9.17) is 14.2 Å². The van der Waals surface area contributed by atoms with E-state index < -0.39 is 10.8 Å². The van der Waals surface area contributed by atoms with Crippen LogP contribution in [0.2, 0.25) is 0 Å². The van der Waals surface area contributed by atoms with E-state index in [2.05, 4.69) is 0 Å². The Morgan fingerprint density at radius 2 is 1.71 bits per heavy atom. The molecular formula is C23H24N2O6. The number of hydrogen-bond donors (Lipinski definition) is 0. The SMILES string of the molecule is CCOc1cc(C(=O)N(C)Cc2ccc3cc(OC)ccc3c2)c([N+](=O)[O-])cc1OC. The Morgan fingerprint density at radius 3 is 2.35 bits per heavy atom. The molecule has 162 valence electrons. The summed E-state index contributed by atoms with van der Waals surface area (Å²) in [5, 5.41) is 13.6. The van der Waals surface area contributed by atoms with Crippen molar-refractivity contribution in [1.82, 2.24) is 4.90 Å². The average molecular weight is 424 g/mol. The molecule has 8 nitrogen and oxygen atoms in total. The van der Waals surface area contributed by atoms with Crippen molar-refractivity contribution in [1.29, 1.82) is 0 Å². The molecule has 0 saturated heterocycles. The highest BCUT2D eigenvalue weighted by molar-refractivity contribution is 5.99. The van der Waals surface area contributed by atoms with Gasteiger partial charge in [0.15, 0.2) is 11.5 Å². The van der Waals surface area contributed by atoms with Crippen LogP contribution in [0.3, 0.4) is 0 Å². The van der Waals surface area contributed by atoms with E-state index >= 15 is 0 Å². The summed E-state index contributed by atoms with van der Waals surface area (Å²) in [5.41, 5.74) is 0.514. The number of methoxy groups -OCH3 is 2. The zero-order valence-electron chi connectivity index (χ0n) is 17.9. The van der Waals surface area contributed by atoms with E-state index in [1.807, 2.05) is 36.4 Å². The van der Waals surface area contributed by atoms with Crippen molar-refractivity contribution in [3.63, 3.8) is 0 Å². The van der Waals surface area contributed by atoms with Crippen LogP contribution in [0.1, 0.15) is 22.8 Å². The third-order valence-corrected chi connectivity index (χ3v) is 4.89. The van der Waals surface area contributed by atoms with Crippen molar-refractivity contribution in [2.45, 2.75) is 13.5 Å². The van der Waals surface area contributed by atoms with Gasteiger partial charge in [-0.25, -0.2) is 0 Å². The van der Waals surface area contributed by atoms with Crippen LogP contribution in [-0.2, 0) is 6.54 Å². The highest BCUT2D eigenvalue weighted by atomic mass is 16.6. The predicted molar refractivity (Wildman–Crippen MR) is 117 cm³/mol. The fourth-order valence-electron chi connectivity index (χ4n) is 3.35. The van der Waals surface area contributed by atoms with Gasteiger partial charge in [-0.3, -0.25) is 14.9 Å². The highest BCUT2D eigenvalue weighted by Crippen LogP contribution is 2.35. The maximum atomic E-state index is 13.1. The summed E-state index contributed by atoms with van der Waals surface area (Å²) >= 11 is 0. The van der Waals surface area contributed by atoms with Gasteiger partial charge >= 0.3 is 0 Å². The Kier molecular flexibility index (Phi) is 6.59. The van der Waals surface area contributed by atoms with Crippen LogP contribution in [0.4, 0.5) is 5.69 Å². The smallest absolute Gasteiger partial charge is 0.286 e. The summed E-state index contributed by atoms with van der Waals surface area (Å²) in [4.78, 5) is 25.5. The Morgan fingerprint density at radius 1 is 1.00 bits per heavy atom. The summed E-state index contributed by atoms with van der Waals surface area (Å²) in [7, 11) is 4.62. The predicted octanol–water partition coefficient (Wildman–Crippen LogP) is 4.44. The molecule has 0 aliphatic heterocycles. The fraction of sp³-hybridized carbons (Fsp3) is 0.261. The molecule has 3 aromatic rings. The molecule has 0 aromatic heterocycles. The molecule has 1 amide bonds. The van der Waals surface area contributed by atoms with Gasteiger partial charge in [-0.1, -0.05) is 18.2 Å². The second kappa shape index (κ2) is 9.34. The molecule has 8 heteroatoms. The second-order valence-electron chi connectivity index (χ2n) is 6.92. The molecule has 0 aliphatic carbocycles. The number of nitrogens with zero attached hydrogens (tertiary/aromatic N) is 2. The average Bonchev–Trinajstić information content (AvgIpc) is 2.77. The largest absolute Gasteiger partial charge is 0.497 e. The van der Waals surface area contributed by atoms with Gasteiger partial charge in [-0.15, -0.1) is 0 Å². The van der Waals surface area contributed by atoms with Crippen LogP contribution in [0.5, 0.6) is 17.2 Å². The minimum absolute atomic E-state index is 0.0534. The van der Waals surface area contributed by atoms with Gasteiger partial charge in [-0.2, -0.15) is 0 Å². The number of fused-ring (bicyclic) bond motifs is 1. The molecule has 0 radical (unpaired) electrons. The molecule has 0 spiro atoms. The number of carbonyl (C=O) groups is 1. The van der Waals surface area contributed by atoms with Gasteiger partial charge in [-0.05, 0) is 41.5 Å². The van der Waals surface area contributed by atoms with Crippen molar-refractivity contribution in [2.75, 3.05) is 27.9 Å². The number of ether oxygens (including phenoxy) is 3. The van der Waals surface area contributed by atoms with Gasteiger partial charge in [0.1, 0.15) is 11.3 Å². The Hall–Kier alpha value is -3.81. The number of benzene rings is 3. The third-order valence-electron chi connectivity index (χ3n) is 4.89. The Balaban J connectivity index is 1.90. The van der Waals surface area contributed by atoms with Gasteiger partial charge in [0, 0.05) is 19.7 Å². The number of rotatable bonds is 8. The molecular weight excluding hydrogens is 400 g/mol. The van der Waals surface area contributed by atoms with E-state index in [9.17, 15) is 14.9 Å². The molecule has 0 saturated carbocycles. The van der Waals surface area contributed by atoms with Crippen molar-refractivity contribution in [2.24, 2.45) is 0 Å². The summed E-state index contributed by atoms with van der Waals surface area (Å²) in [6.07, 6.45) is 0. The molecule has 0 aliphatic rings. The van der Waals surface area contributed by atoms with Gasteiger partial charge in [0.05, 0.1) is 31.8 Å². The van der Waals surface area contributed by atoms with Crippen molar-refractivity contribution < 1.29 is 23.9 Å². The minimum Gasteiger partial charge on any atom is -0.497 e. The van der Waals surface area contributed by atoms with Gasteiger partial charge in [0.2, 0.25) is 0 Å². The number of amides is 1. The van der Waals surface area contributed by atoms with Gasteiger partial charge in [0.25, 0.3) is 11.6 Å². The standard InChI is InChI=1S/C23H24N2O6/c1-5-31-22-12-19(20(25(27)28)13-21(22)30-4)23(26)24(2)14-15-6-7-17-11-18(29-3)9-8-16(17)10-15/h6-13H,5,14H2,1-4H3. The lowest BCUT2D eigenvalue weighted by molar-refractivity contribution is -0.385. The van der Waals surface area contributed by atoms with Crippen LogP contribution >= 0.6 is 0 Å². The lowest BCUT2D eigenvalue weighted by Crippen LogP contribution is -2.27. The first-order valence-electron chi connectivity index (χ1n) is 9.69. The second-order valence-corrected chi connectivity index (χ2v) is 6.92. The first kappa shape index (κ1) is 21.9. The lowest BCUT2D eigenvalue weighted by Gasteiger charge is -2.19. The monoisotopic (exact) mass is 424 g/mol. The molecule has 0 atom stereocenters. The van der Waals surface area contributed by atoms with Crippen LogP contribution in [0.15, 0.2) is 48.5 Å². The molecule has 31 heavy (non-hydrogen) atoms. The Bertz CT molecular complexity index is 1130. The highest BCUT2D eigenvalue weighted by Gasteiger charge is 2.27. The van der Waals surface area contributed by atoms with Crippen LogP contribution in [0, 0.1) is 10.1 Å². The molecule has 0 fully saturated rings. The summed E-state index contributed by atoms with van der Waals surface area (Å²) in [6.45, 7) is 2.40. The van der Waals surface area contributed by atoms with Crippen LogP contribution in [0.25, 0.3) is 10.8 Å². The van der Waals surface area contributed by atoms with E-state index in [-0.39, 0.29) is 29.3 Å². The van der Waals surface area contributed by atoms with Crippen molar-refractivity contribution in [3.05, 3.63) is 69.8 Å². The van der Waals surface area contributed by atoms with Crippen LogP contribution < -0.4 is 14.2 Å². The summed E-state index contributed by atoms with van der Waals surface area (Å²) in [6, 6.07) is 14.2. The Labute approximate surface area is 180 Å². The van der Waals surface area contributed by atoms with E-state index in [1.54, 1.807) is 21.1 Å². The maximum absolute atomic E-state index is 13.1. The molecule has 3 aromatic carbocycles. The molecule has 0 N–H and O–H groups in total. The van der Waals surface area contributed by atoms with E-state index in [1.165, 1.54) is 24.1 Å². The summed E-state index contributed by atoms with van der Waals surface area (Å²) < 4.78 is 15.9. The van der Waals surface area contributed by atoms with Crippen molar-refractivity contribution in [3.8, 4) is 17.2 Å². The number of nitro benzene ring substituents is 1. The summed E-state index contributed by atoms with van der Waals surface area (Å²) in [5.74, 6) is 0.777. The van der Waals surface area contributed by atoms with Gasteiger partial charge < -0.3 is 19.1 Å². The molecule has 0 bridgehead atoms. The minimum atomic E-state index is -0.595. The molecule has 0 unspecified atom stereocenters. The topological polar surface area (TPSA) is 91.1 Å². The fourth-order valence-corrected chi connectivity index (χ4v) is 3.35. The number of carbonyl (C=O) groups excluding carboxylic acids is 1. The zero-order valence-corrected chi connectivity index (χ0v) is 17.9. The lowest BCUT2D eigenvalue weighted by atomic mass is 10.1. The number of nitro groups is 1. The first-order chi connectivity index (χ1) is 14.9. The molecule has 0 heterocycles. The quantitative estimate of drug-likeness (QED) is 0.392. The maximum Gasteiger partial charge on any atom is 0.286 e. The van der Waals surface area contributed by atoms with Crippen molar-refractivity contribution >= 4 is 22.4 Å². The van der Waals surface area contributed by atoms with Crippen LogP contribution in [-0.4, -0.2) is 43.6 Å². The normalized spacial score (nSPS) is 10.6.